The fourth-order valence-corrected chi connectivity index (χ4v) is 3.67. The summed E-state index contributed by atoms with van der Waals surface area (Å²) in [5.41, 5.74) is 5.13. The number of thiophene rings is 1. The number of fused-ring (bicyclic) bond motifs is 1. The lowest BCUT2D eigenvalue weighted by atomic mass is 10.1. The zero-order valence-electron chi connectivity index (χ0n) is 12.1. The summed E-state index contributed by atoms with van der Waals surface area (Å²) in [6, 6.07) is 7.08. The Morgan fingerprint density at radius 3 is 3.05 bits per heavy atom. The Balaban J connectivity index is 1.90. The second-order valence-corrected chi connectivity index (χ2v) is 6.11. The van der Waals surface area contributed by atoms with Gasteiger partial charge in [0.2, 0.25) is 0 Å². The molecular weight excluding hydrogens is 266 g/mol. The average Bonchev–Trinajstić information content (AvgIpc) is 3.09. The van der Waals surface area contributed by atoms with Crippen LogP contribution >= 0.6 is 11.3 Å². The number of nitrogens with one attached hydrogen (secondary N) is 1. The SMILES string of the molecule is CNCC[C@@H](c1ccsc1)N1CCc2nc(C)ccc21. The van der Waals surface area contributed by atoms with Gasteiger partial charge in [-0.2, -0.15) is 11.3 Å². The Bertz CT molecular complexity index is 565. The molecule has 3 rings (SSSR count). The largest absolute Gasteiger partial charge is 0.363 e. The lowest BCUT2D eigenvalue weighted by molar-refractivity contribution is 0.570. The van der Waals surface area contributed by atoms with Crippen LogP contribution in [0.1, 0.15) is 29.4 Å². The van der Waals surface area contributed by atoms with Crippen molar-refractivity contribution in [2.75, 3.05) is 25.0 Å². The van der Waals surface area contributed by atoms with Crippen molar-refractivity contribution in [3.63, 3.8) is 0 Å². The van der Waals surface area contributed by atoms with Crippen molar-refractivity contribution in [2.45, 2.75) is 25.8 Å². The van der Waals surface area contributed by atoms with E-state index in [2.05, 4.69) is 46.1 Å². The molecule has 1 aliphatic heterocycles. The van der Waals surface area contributed by atoms with Crippen LogP contribution in [0.5, 0.6) is 0 Å². The smallest absolute Gasteiger partial charge is 0.0657 e. The fraction of sp³-hybridized carbons (Fsp3) is 0.438. The second-order valence-electron chi connectivity index (χ2n) is 5.33. The van der Waals surface area contributed by atoms with E-state index in [0.29, 0.717) is 6.04 Å². The Labute approximate surface area is 124 Å². The molecule has 1 atom stereocenters. The Morgan fingerprint density at radius 1 is 1.40 bits per heavy atom. The summed E-state index contributed by atoms with van der Waals surface area (Å²) in [5, 5.41) is 7.73. The van der Waals surface area contributed by atoms with Gasteiger partial charge in [0, 0.05) is 18.7 Å². The summed E-state index contributed by atoms with van der Waals surface area (Å²) in [6.45, 7) is 4.18. The molecule has 0 unspecified atom stereocenters. The molecule has 0 aliphatic carbocycles. The van der Waals surface area contributed by atoms with E-state index in [0.717, 1.165) is 31.6 Å². The number of hydrogen-bond donors (Lipinski definition) is 1. The summed E-state index contributed by atoms with van der Waals surface area (Å²) < 4.78 is 0. The number of hydrogen-bond acceptors (Lipinski definition) is 4. The molecule has 0 spiro atoms. The maximum atomic E-state index is 4.69. The molecule has 2 aromatic rings. The highest BCUT2D eigenvalue weighted by atomic mass is 32.1. The Morgan fingerprint density at radius 2 is 2.30 bits per heavy atom. The van der Waals surface area contributed by atoms with Crippen LogP contribution in [0.3, 0.4) is 0 Å². The summed E-state index contributed by atoms with van der Waals surface area (Å²) in [7, 11) is 2.02. The van der Waals surface area contributed by atoms with Gasteiger partial charge in [0.05, 0.1) is 17.4 Å². The van der Waals surface area contributed by atoms with E-state index in [1.54, 1.807) is 11.3 Å². The molecule has 0 radical (unpaired) electrons. The molecule has 3 nitrogen and oxygen atoms in total. The molecule has 106 valence electrons. The van der Waals surface area contributed by atoms with Gasteiger partial charge >= 0.3 is 0 Å². The van der Waals surface area contributed by atoms with E-state index in [1.807, 2.05) is 7.05 Å². The fourth-order valence-electron chi connectivity index (χ4n) is 2.97. The van der Waals surface area contributed by atoms with Crippen molar-refractivity contribution in [3.8, 4) is 0 Å². The van der Waals surface area contributed by atoms with Crippen LogP contribution in [0.2, 0.25) is 0 Å². The van der Waals surface area contributed by atoms with Crippen molar-refractivity contribution >= 4 is 17.0 Å². The maximum absolute atomic E-state index is 4.69. The monoisotopic (exact) mass is 287 g/mol. The van der Waals surface area contributed by atoms with Crippen LogP contribution in [0.15, 0.2) is 29.0 Å². The normalized spacial score (nSPS) is 15.4. The van der Waals surface area contributed by atoms with Gasteiger partial charge in [-0.05, 0) is 61.5 Å². The van der Waals surface area contributed by atoms with Crippen LogP contribution in [0.4, 0.5) is 5.69 Å². The molecular formula is C16H21N3S. The van der Waals surface area contributed by atoms with E-state index in [4.69, 9.17) is 4.98 Å². The minimum absolute atomic E-state index is 0.458. The number of nitrogens with zero attached hydrogens (tertiary/aromatic N) is 2. The highest BCUT2D eigenvalue weighted by Crippen LogP contribution is 2.36. The summed E-state index contributed by atoms with van der Waals surface area (Å²) >= 11 is 1.78. The zero-order valence-corrected chi connectivity index (χ0v) is 12.9. The van der Waals surface area contributed by atoms with Crippen LogP contribution in [-0.4, -0.2) is 25.1 Å². The van der Waals surface area contributed by atoms with Crippen molar-refractivity contribution in [1.82, 2.24) is 10.3 Å². The van der Waals surface area contributed by atoms with Gasteiger partial charge in [0.1, 0.15) is 0 Å². The van der Waals surface area contributed by atoms with Crippen LogP contribution in [0.25, 0.3) is 0 Å². The molecule has 0 saturated carbocycles. The molecule has 3 heterocycles. The lowest BCUT2D eigenvalue weighted by Gasteiger charge is -2.30. The predicted molar refractivity (Wildman–Crippen MR) is 85.6 cm³/mol. The highest BCUT2D eigenvalue weighted by molar-refractivity contribution is 7.08. The molecule has 1 aliphatic rings. The Hall–Kier alpha value is -1.39. The standard InChI is InChI=1S/C16H21N3S/c1-12-3-4-16-14(18-12)6-9-19(16)15(5-8-17-2)13-7-10-20-11-13/h3-4,7,10-11,15,17H,5-6,8-9H2,1-2H3/t15-/m0/s1. The molecule has 4 heteroatoms. The topological polar surface area (TPSA) is 28.2 Å². The predicted octanol–water partition coefficient (Wildman–Crippen LogP) is 3.16. The maximum Gasteiger partial charge on any atom is 0.0657 e. The Kier molecular flexibility index (Phi) is 4.03. The van der Waals surface area contributed by atoms with Crippen molar-refractivity contribution in [3.05, 3.63) is 45.9 Å². The molecule has 0 fully saturated rings. The number of aromatic nitrogens is 1. The van der Waals surface area contributed by atoms with E-state index in [1.165, 1.54) is 16.9 Å². The molecule has 0 amide bonds. The molecule has 0 saturated heterocycles. The van der Waals surface area contributed by atoms with Crippen molar-refractivity contribution in [2.24, 2.45) is 0 Å². The summed E-state index contributed by atoms with van der Waals surface area (Å²) in [6.07, 6.45) is 2.19. The van der Waals surface area contributed by atoms with Crippen molar-refractivity contribution in [1.29, 1.82) is 0 Å². The second kappa shape index (κ2) is 5.94. The third-order valence-electron chi connectivity index (χ3n) is 3.96. The average molecular weight is 287 g/mol. The van der Waals surface area contributed by atoms with Gasteiger partial charge in [-0.3, -0.25) is 4.98 Å². The van der Waals surface area contributed by atoms with Gasteiger partial charge in [0.25, 0.3) is 0 Å². The molecule has 0 bridgehead atoms. The van der Waals surface area contributed by atoms with Crippen LogP contribution in [0, 0.1) is 6.92 Å². The quantitative estimate of drug-likeness (QED) is 0.915. The third-order valence-corrected chi connectivity index (χ3v) is 4.66. The third kappa shape index (κ3) is 2.58. The first kappa shape index (κ1) is 13.6. The van der Waals surface area contributed by atoms with Gasteiger partial charge in [-0.1, -0.05) is 0 Å². The van der Waals surface area contributed by atoms with Gasteiger partial charge in [0.15, 0.2) is 0 Å². The summed E-state index contributed by atoms with van der Waals surface area (Å²) in [5.74, 6) is 0. The molecule has 1 N–H and O–H groups in total. The van der Waals surface area contributed by atoms with Gasteiger partial charge in [-0.25, -0.2) is 0 Å². The van der Waals surface area contributed by atoms with Gasteiger partial charge < -0.3 is 10.2 Å². The number of anilines is 1. The lowest BCUT2D eigenvalue weighted by Crippen LogP contribution is -2.29. The molecule has 0 aromatic carbocycles. The van der Waals surface area contributed by atoms with Crippen molar-refractivity contribution < 1.29 is 0 Å². The molecule has 2 aromatic heterocycles. The van der Waals surface area contributed by atoms with Crippen LogP contribution in [-0.2, 0) is 6.42 Å². The van der Waals surface area contributed by atoms with E-state index < -0.39 is 0 Å². The number of rotatable bonds is 5. The van der Waals surface area contributed by atoms with E-state index in [-0.39, 0.29) is 0 Å². The van der Waals surface area contributed by atoms with E-state index >= 15 is 0 Å². The first-order valence-corrected chi connectivity index (χ1v) is 8.13. The van der Waals surface area contributed by atoms with Gasteiger partial charge in [-0.15, -0.1) is 0 Å². The van der Waals surface area contributed by atoms with Crippen LogP contribution < -0.4 is 10.2 Å². The number of pyridine rings is 1. The zero-order chi connectivity index (χ0) is 13.9. The minimum atomic E-state index is 0.458. The highest BCUT2D eigenvalue weighted by Gasteiger charge is 2.27. The molecule has 20 heavy (non-hydrogen) atoms. The summed E-state index contributed by atoms with van der Waals surface area (Å²) in [4.78, 5) is 7.22. The first-order valence-electron chi connectivity index (χ1n) is 7.19. The van der Waals surface area contributed by atoms with E-state index in [9.17, 15) is 0 Å². The number of aryl methyl sites for hydroxylation is 1. The first-order chi connectivity index (χ1) is 9.79. The minimum Gasteiger partial charge on any atom is -0.363 e.